The molecule has 0 unspecified atom stereocenters. The SMILES string of the molecule is CCC[C@](O)(c1ccc(OCC)cc1)[C@@H](CN1CCCCC1)c1ccccc1. The molecule has 0 saturated carbocycles. The minimum atomic E-state index is -0.891. The summed E-state index contributed by atoms with van der Waals surface area (Å²) in [6.07, 6.45) is 5.53. The number of nitrogens with zero attached hydrogens (tertiary/aromatic N) is 1. The Morgan fingerprint density at radius 2 is 1.64 bits per heavy atom. The van der Waals surface area contributed by atoms with Crippen LogP contribution in [0.5, 0.6) is 5.75 Å². The van der Waals surface area contributed by atoms with Crippen molar-refractivity contribution in [3.8, 4) is 5.75 Å². The summed E-state index contributed by atoms with van der Waals surface area (Å²) in [5, 5.41) is 12.1. The van der Waals surface area contributed by atoms with Gasteiger partial charge < -0.3 is 14.7 Å². The lowest BCUT2D eigenvalue weighted by Crippen LogP contribution is -2.42. The maximum absolute atomic E-state index is 12.1. The zero-order valence-corrected chi connectivity index (χ0v) is 17.4. The molecule has 0 spiro atoms. The first-order valence-corrected chi connectivity index (χ1v) is 10.9. The molecule has 2 aromatic rings. The third-order valence-electron chi connectivity index (χ3n) is 5.96. The van der Waals surface area contributed by atoms with E-state index in [0.717, 1.165) is 43.8 Å². The molecule has 2 aromatic carbocycles. The second-order valence-corrected chi connectivity index (χ2v) is 7.96. The Bertz CT molecular complexity index is 694. The third kappa shape index (κ3) is 4.95. The smallest absolute Gasteiger partial charge is 0.119 e. The molecule has 1 aliphatic heterocycles. The zero-order valence-electron chi connectivity index (χ0n) is 17.4. The number of ether oxygens (including phenoxy) is 1. The second-order valence-electron chi connectivity index (χ2n) is 7.96. The van der Waals surface area contributed by atoms with Gasteiger partial charge in [0.05, 0.1) is 12.2 Å². The van der Waals surface area contributed by atoms with Gasteiger partial charge in [0.2, 0.25) is 0 Å². The van der Waals surface area contributed by atoms with Crippen LogP contribution < -0.4 is 4.74 Å². The Hall–Kier alpha value is -1.84. The van der Waals surface area contributed by atoms with Crippen molar-refractivity contribution in [1.29, 1.82) is 0 Å². The largest absolute Gasteiger partial charge is 0.494 e. The molecule has 1 heterocycles. The zero-order chi connectivity index (χ0) is 19.8. The molecule has 1 fully saturated rings. The normalized spacial score (nSPS) is 18.4. The standard InChI is InChI=1S/C25H35NO2/c1-3-17-25(27,22-13-15-23(16-14-22)28-4-2)24(21-11-7-5-8-12-21)20-26-18-9-6-10-19-26/h5,7-8,11-16,24,27H,3-4,6,9-10,17-20H2,1-2H3/t24-,25-/m0/s1. The van der Waals surface area contributed by atoms with E-state index in [1.807, 2.05) is 31.2 Å². The molecule has 0 aliphatic carbocycles. The van der Waals surface area contributed by atoms with Gasteiger partial charge in [-0.2, -0.15) is 0 Å². The van der Waals surface area contributed by atoms with Crippen LogP contribution in [0.4, 0.5) is 0 Å². The molecule has 1 aliphatic rings. The van der Waals surface area contributed by atoms with E-state index in [-0.39, 0.29) is 5.92 Å². The molecule has 0 radical (unpaired) electrons. The van der Waals surface area contributed by atoms with Crippen LogP contribution in [0, 0.1) is 0 Å². The molecule has 3 heteroatoms. The summed E-state index contributed by atoms with van der Waals surface area (Å²) in [6, 6.07) is 18.6. The topological polar surface area (TPSA) is 32.7 Å². The first kappa shape index (κ1) is 20.9. The molecule has 2 atom stereocenters. The minimum Gasteiger partial charge on any atom is -0.494 e. The van der Waals surface area contributed by atoms with Gasteiger partial charge in [0.25, 0.3) is 0 Å². The van der Waals surface area contributed by atoms with Gasteiger partial charge in [-0.1, -0.05) is 62.2 Å². The van der Waals surface area contributed by atoms with E-state index >= 15 is 0 Å². The molecule has 0 aromatic heterocycles. The molecule has 1 saturated heterocycles. The van der Waals surface area contributed by atoms with Crippen LogP contribution in [-0.2, 0) is 5.60 Å². The van der Waals surface area contributed by atoms with Crippen LogP contribution in [0.15, 0.2) is 54.6 Å². The Morgan fingerprint density at radius 1 is 0.964 bits per heavy atom. The Morgan fingerprint density at radius 3 is 2.25 bits per heavy atom. The summed E-state index contributed by atoms with van der Waals surface area (Å²) in [5.41, 5.74) is 1.32. The van der Waals surface area contributed by atoms with Gasteiger partial charge in [-0.25, -0.2) is 0 Å². The fourth-order valence-corrected chi connectivity index (χ4v) is 4.53. The Kier molecular flexibility index (Phi) is 7.52. The molecule has 0 bridgehead atoms. The summed E-state index contributed by atoms with van der Waals surface area (Å²) in [4.78, 5) is 2.54. The highest BCUT2D eigenvalue weighted by Gasteiger charge is 2.39. The molecule has 152 valence electrons. The average Bonchev–Trinajstić information content (AvgIpc) is 2.74. The van der Waals surface area contributed by atoms with Crippen LogP contribution >= 0.6 is 0 Å². The predicted octanol–water partition coefficient (Wildman–Crippen LogP) is 5.34. The molecular formula is C25H35NO2. The van der Waals surface area contributed by atoms with Crippen molar-refractivity contribution in [2.75, 3.05) is 26.2 Å². The van der Waals surface area contributed by atoms with Gasteiger partial charge in [-0.15, -0.1) is 0 Å². The maximum atomic E-state index is 12.1. The van der Waals surface area contributed by atoms with E-state index in [1.165, 1.54) is 24.8 Å². The highest BCUT2D eigenvalue weighted by molar-refractivity contribution is 5.35. The fourth-order valence-electron chi connectivity index (χ4n) is 4.53. The fraction of sp³-hybridized carbons (Fsp3) is 0.520. The van der Waals surface area contributed by atoms with Crippen LogP contribution in [0.1, 0.15) is 63.0 Å². The van der Waals surface area contributed by atoms with E-state index in [4.69, 9.17) is 4.74 Å². The van der Waals surface area contributed by atoms with E-state index < -0.39 is 5.60 Å². The number of hydrogen-bond donors (Lipinski definition) is 1. The quantitative estimate of drug-likeness (QED) is 0.636. The highest BCUT2D eigenvalue weighted by atomic mass is 16.5. The van der Waals surface area contributed by atoms with Crippen molar-refractivity contribution in [2.24, 2.45) is 0 Å². The molecular weight excluding hydrogens is 346 g/mol. The number of benzene rings is 2. The lowest BCUT2D eigenvalue weighted by molar-refractivity contribution is -0.0152. The first-order chi connectivity index (χ1) is 13.7. The monoisotopic (exact) mass is 381 g/mol. The number of piperidine rings is 1. The van der Waals surface area contributed by atoms with Crippen molar-refractivity contribution in [2.45, 2.75) is 57.5 Å². The van der Waals surface area contributed by atoms with Gasteiger partial charge in [0, 0.05) is 12.5 Å². The maximum Gasteiger partial charge on any atom is 0.119 e. The van der Waals surface area contributed by atoms with E-state index in [0.29, 0.717) is 6.61 Å². The molecule has 3 rings (SSSR count). The first-order valence-electron chi connectivity index (χ1n) is 10.9. The summed E-state index contributed by atoms with van der Waals surface area (Å²) < 4.78 is 5.61. The lowest BCUT2D eigenvalue weighted by atomic mass is 9.74. The van der Waals surface area contributed by atoms with Crippen molar-refractivity contribution >= 4 is 0 Å². The summed E-state index contributed by atoms with van der Waals surface area (Å²) in [7, 11) is 0. The molecule has 3 nitrogen and oxygen atoms in total. The highest BCUT2D eigenvalue weighted by Crippen LogP contribution is 2.42. The van der Waals surface area contributed by atoms with Crippen molar-refractivity contribution in [1.82, 2.24) is 4.90 Å². The van der Waals surface area contributed by atoms with E-state index in [2.05, 4.69) is 42.2 Å². The number of hydrogen-bond acceptors (Lipinski definition) is 3. The van der Waals surface area contributed by atoms with Crippen LogP contribution in [0.3, 0.4) is 0 Å². The van der Waals surface area contributed by atoms with Crippen LogP contribution in [0.25, 0.3) is 0 Å². The van der Waals surface area contributed by atoms with Crippen molar-refractivity contribution in [3.05, 3.63) is 65.7 Å². The number of likely N-dealkylation sites (tertiary alicyclic amines) is 1. The predicted molar refractivity (Wildman–Crippen MR) is 116 cm³/mol. The van der Waals surface area contributed by atoms with Crippen molar-refractivity contribution in [3.63, 3.8) is 0 Å². The number of aliphatic hydroxyl groups is 1. The Balaban J connectivity index is 1.96. The van der Waals surface area contributed by atoms with E-state index in [9.17, 15) is 5.11 Å². The van der Waals surface area contributed by atoms with Crippen molar-refractivity contribution < 1.29 is 9.84 Å². The summed E-state index contributed by atoms with van der Waals surface area (Å²) in [5.74, 6) is 0.905. The van der Waals surface area contributed by atoms with Crippen LogP contribution in [0.2, 0.25) is 0 Å². The molecule has 1 N–H and O–H groups in total. The second kappa shape index (κ2) is 10.1. The molecule has 0 amide bonds. The van der Waals surface area contributed by atoms with E-state index in [1.54, 1.807) is 0 Å². The Labute approximate surface area is 170 Å². The van der Waals surface area contributed by atoms with Gasteiger partial charge in [0.15, 0.2) is 0 Å². The average molecular weight is 382 g/mol. The minimum absolute atomic E-state index is 0.0460. The van der Waals surface area contributed by atoms with Gasteiger partial charge in [-0.3, -0.25) is 0 Å². The van der Waals surface area contributed by atoms with Gasteiger partial charge in [0.1, 0.15) is 5.75 Å². The van der Waals surface area contributed by atoms with Gasteiger partial charge >= 0.3 is 0 Å². The summed E-state index contributed by atoms with van der Waals surface area (Å²) in [6.45, 7) is 7.96. The lowest BCUT2D eigenvalue weighted by Gasteiger charge is -2.41. The third-order valence-corrected chi connectivity index (χ3v) is 5.96. The molecule has 28 heavy (non-hydrogen) atoms. The summed E-state index contributed by atoms with van der Waals surface area (Å²) >= 11 is 0. The number of rotatable bonds is 9. The van der Waals surface area contributed by atoms with Gasteiger partial charge in [-0.05, 0) is 62.5 Å². The van der Waals surface area contributed by atoms with Crippen LogP contribution in [-0.4, -0.2) is 36.2 Å².